The summed E-state index contributed by atoms with van der Waals surface area (Å²) in [6.45, 7) is 5.50. The van der Waals surface area contributed by atoms with Crippen molar-refractivity contribution >= 4 is 66.8 Å². The lowest BCUT2D eigenvalue weighted by molar-refractivity contribution is 0.477. The number of hydrogen-bond acceptors (Lipinski definition) is 17. The zero-order chi connectivity index (χ0) is 40.8. The van der Waals surface area contributed by atoms with Gasteiger partial charge in [0.2, 0.25) is 11.9 Å². The van der Waals surface area contributed by atoms with Gasteiger partial charge in [-0.15, -0.1) is 20.5 Å². The second-order valence-electron chi connectivity index (χ2n) is 13.2. The van der Waals surface area contributed by atoms with E-state index < -0.39 is 15.9 Å². The summed E-state index contributed by atoms with van der Waals surface area (Å²) in [5, 5.41) is 46.0. The molecule has 294 valence electrons. The molecule has 0 saturated carbocycles. The maximum absolute atomic E-state index is 11.4. The molecule has 18 nitrogen and oxygen atoms in total. The van der Waals surface area contributed by atoms with Crippen LogP contribution in [0.5, 0.6) is 11.5 Å². The molecule has 58 heavy (non-hydrogen) atoms. The number of azo groups is 2. The van der Waals surface area contributed by atoms with Crippen LogP contribution in [-0.2, 0) is 29.5 Å². The van der Waals surface area contributed by atoms with Gasteiger partial charge in [-0.1, -0.05) is 12.1 Å². The van der Waals surface area contributed by atoms with Crippen molar-refractivity contribution in [3.05, 3.63) is 113 Å². The number of hydrogen-bond donors (Lipinski definition) is 5. The maximum atomic E-state index is 11.4. The molecule has 0 saturated heterocycles. The summed E-state index contributed by atoms with van der Waals surface area (Å²) in [5.41, 5.74) is 5.39. The smallest absolute Gasteiger partial charge is 0.266 e. The zero-order valence-electron chi connectivity index (χ0n) is 31.5. The van der Waals surface area contributed by atoms with Crippen molar-refractivity contribution in [2.24, 2.45) is 20.5 Å². The van der Waals surface area contributed by atoms with Gasteiger partial charge in [-0.2, -0.15) is 23.4 Å². The van der Waals surface area contributed by atoms with Gasteiger partial charge >= 0.3 is 0 Å². The average molecular weight is 800 g/mol. The Morgan fingerprint density at radius 3 is 1.93 bits per heavy atom. The van der Waals surface area contributed by atoms with E-state index in [1.165, 1.54) is 6.07 Å². The number of nitrogens with zero attached hydrogens (tertiary/aromatic N) is 11. The largest absolute Gasteiger partial charge is 0.507 e. The molecule has 7 aromatic rings. The number of nitrogens with one attached hydrogen (secondary N) is 2. The van der Waals surface area contributed by atoms with E-state index in [-0.39, 0.29) is 36.5 Å². The highest BCUT2D eigenvalue weighted by molar-refractivity contribution is 7.85. The van der Waals surface area contributed by atoms with Gasteiger partial charge in [0.15, 0.2) is 11.6 Å². The minimum absolute atomic E-state index is 0.0320. The SMILES string of the molecule is Cc1cc(N=Nc2ccccn2)c2nc(C)c(CNc3nc(CCc4cc5c(O)ccc(N=Nc6ccccn6)c5nc4C)nc(NCCS(=O)(=O)O)n3)cc2c1O. The lowest BCUT2D eigenvalue weighted by Crippen LogP contribution is -2.18. The highest BCUT2D eigenvalue weighted by atomic mass is 32.2. The molecule has 0 bridgehead atoms. The van der Waals surface area contributed by atoms with Gasteiger partial charge in [0.25, 0.3) is 10.1 Å². The van der Waals surface area contributed by atoms with Crippen LogP contribution in [0.25, 0.3) is 21.8 Å². The third-order valence-electron chi connectivity index (χ3n) is 8.98. The molecule has 0 spiro atoms. The molecule has 0 atom stereocenters. The lowest BCUT2D eigenvalue weighted by Gasteiger charge is -2.14. The molecule has 0 aliphatic rings. The number of aromatic hydroxyl groups is 2. The van der Waals surface area contributed by atoms with Crippen LogP contribution in [0.1, 0.15) is 33.9 Å². The molecule has 5 heterocycles. The molecular formula is C39H37N13O5S. The van der Waals surface area contributed by atoms with Crippen molar-refractivity contribution in [2.75, 3.05) is 22.9 Å². The fourth-order valence-corrected chi connectivity index (χ4v) is 6.33. The first-order valence-electron chi connectivity index (χ1n) is 18.0. The summed E-state index contributed by atoms with van der Waals surface area (Å²) in [4.78, 5) is 31.5. The van der Waals surface area contributed by atoms with Crippen molar-refractivity contribution in [1.29, 1.82) is 0 Å². The van der Waals surface area contributed by atoms with Crippen LogP contribution < -0.4 is 10.6 Å². The van der Waals surface area contributed by atoms with Crippen LogP contribution in [0.4, 0.5) is 34.9 Å². The number of phenols is 2. The zero-order valence-corrected chi connectivity index (χ0v) is 32.3. The monoisotopic (exact) mass is 799 g/mol. The van der Waals surface area contributed by atoms with Crippen molar-refractivity contribution in [3.8, 4) is 11.5 Å². The van der Waals surface area contributed by atoms with E-state index in [2.05, 4.69) is 56.0 Å². The number of fused-ring (bicyclic) bond motifs is 2. The fourth-order valence-electron chi connectivity index (χ4n) is 5.97. The Kier molecular flexibility index (Phi) is 11.4. The number of pyridine rings is 4. The summed E-state index contributed by atoms with van der Waals surface area (Å²) in [7, 11) is -4.24. The molecule has 0 radical (unpaired) electrons. The van der Waals surface area contributed by atoms with Crippen LogP contribution in [0, 0.1) is 20.8 Å². The van der Waals surface area contributed by atoms with Gasteiger partial charge in [0.05, 0.1) is 5.75 Å². The summed E-state index contributed by atoms with van der Waals surface area (Å²) < 4.78 is 32.1. The van der Waals surface area contributed by atoms with Gasteiger partial charge < -0.3 is 20.8 Å². The molecule has 19 heteroatoms. The molecule has 2 aromatic carbocycles. The van der Waals surface area contributed by atoms with E-state index in [0.29, 0.717) is 80.4 Å². The van der Waals surface area contributed by atoms with E-state index in [1.54, 1.807) is 55.7 Å². The van der Waals surface area contributed by atoms with Crippen molar-refractivity contribution in [1.82, 2.24) is 34.9 Å². The number of phenolic OH excluding ortho intramolecular Hbond substituents is 2. The molecule has 0 fully saturated rings. The Morgan fingerprint density at radius 1 is 0.655 bits per heavy atom. The molecular weight excluding hydrogens is 763 g/mol. The Hall–Kier alpha value is -7.12. The number of rotatable bonds is 14. The number of anilines is 2. The second-order valence-corrected chi connectivity index (χ2v) is 14.7. The summed E-state index contributed by atoms with van der Waals surface area (Å²) in [6, 6.07) is 19.2. The summed E-state index contributed by atoms with van der Waals surface area (Å²) >= 11 is 0. The number of aromatic nitrogens is 7. The molecule has 5 aromatic heterocycles. The second kappa shape index (κ2) is 16.9. The van der Waals surface area contributed by atoms with E-state index in [1.807, 2.05) is 38.1 Å². The summed E-state index contributed by atoms with van der Waals surface area (Å²) in [6.07, 6.45) is 3.98. The summed E-state index contributed by atoms with van der Waals surface area (Å²) in [5.74, 6) is 1.05. The number of aryl methyl sites for hydroxylation is 5. The first kappa shape index (κ1) is 39.1. The number of benzene rings is 2. The molecule has 0 amide bonds. The highest BCUT2D eigenvalue weighted by Gasteiger charge is 2.16. The van der Waals surface area contributed by atoms with Crippen molar-refractivity contribution in [2.45, 2.75) is 40.2 Å². The minimum Gasteiger partial charge on any atom is -0.507 e. The fraction of sp³-hybridized carbons (Fsp3) is 0.205. The Bertz CT molecular complexity index is 2810. The van der Waals surface area contributed by atoms with Gasteiger partial charge in [-0.05, 0) is 98.5 Å². The van der Waals surface area contributed by atoms with E-state index in [4.69, 9.17) is 9.97 Å². The predicted octanol–water partition coefficient (Wildman–Crippen LogP) is 7.62. The third-order valence-corrected chi connectivity index (χ3v) is 9.70. The molecule has 0 aliphatic heterocycles. The van der Waals surface area contributed by atoms with Crippen LogP contribution in [0.15, 0.2) is 99.6 Å². The standard InChI is InChI=1S/C39H37N13O5S/c1-22-18-30(50-52-33-9-5-7-15-41-33)36-28(37(22)54)20-26(24(3)45-36)21-43-39-47-34(46-38(48-39)42-16-17-58(55,56)57)13-10-25-19-27-31(53)12-11-29(35(27)44-23(25)2)49-51-32-8-4-6-14-40-32/h4-9,11-12,14-15,18-20,53-54H,10,13,16-17,21H2,1-3H3,(H,55,56,57)(H2,42,43,46,47,48). The quantitative estimate of drug-likeness (QED) is 0.0524. The third kappa shape index (κ3) is 9.45. The Morgan fingerprint density at radius 2 is 1.28 bits per heavy atom. The molecule has 0 unspecified atom stereocenters. The van der Waals surface area contributed by atoms with Gasteiger partial charge in [-0.3, -0.25) is 14.5 Å². The lowest BCUT2D eigenvalue weighted by atomic mass is 10.0. The highest BCUT2D eigenvalue weighted by Crippen LogP contribution is 2.37. The molecule has 7 rings (SSSR count). The van der Waals surface area contributed by atoms with Gasteiger partial charge in [0.1, 0.15) is 39.7 Å². The van der Waals surface area contributed by atoms with Crippen LogP contribution >= 0.6 is 0 Å². The first-order valence-corrected chi connectivity index (χ1v) is 19.6. The van der Waals surface area contributed by atoms with Gasteiger partial charge in [-0.25, -0.2) is 9.97 Å². The van der Waals surface area contributed by atoms with Crippen molar-refractivity contribution in [3.63, 3.8) is 0 Å². The minimum atomic E-state index is -4.24. The van der Waals surface area contributed by atoms with E-state index in [9.17, 15) is 23.2 Å². The van der Waals surface area contributed by atoms with Gasteiger partial charge in [0, 0.05) is 54.1 Å². The predicted molar refractivity (Wildman–Crippen MR) is 217 cm³/mol. The van der Waals surface area contributed by atoms with Crippen LogP contribution in [0.2, 0.25) is 0 Å². The van der Waals surface area contributed by atoms with Crippen LogP contribution in [0.3, 0.4) is 0 Å². The first-order chi connectivity index (χ1) is 27.9. The average Bonchev–Trinajstić information content (AvgIpc) is 3.20. The Balaban J connectivity index is 1.14. The van der Waals surface area contributed by atoms with E-state index in [0.717, 1.165) is 11.1 Å². The van der Waals surface area contributed by atoms with E-state index >= 15 is 0 Å². The van der Waals surface area contributed by atoms with Crippen molar-refractivity contribution < 1.29 is 23.2 Å². The molecule has 5 N–H and O–H groups in total. The maximum Gasteiger partial charge on any atom is 0.266 e. The normalized spacial score (nSPS) is 11.9. The topological polar surface area (TPSA) is 259 Å². The molecule has 0 aliphatic carbocycles. The van der Waals surface area contributed by atoms with Crippen LogP contribution in [-0.4, -0.2) is 70.4 Å². The Labute approximate surface area is 332 Å².